The van der Waals surface area contributed by atoms with Crippen molar-refractivity contribution in [3.05, 3.63) is 30.3 Å². The lowest BCUT2D eigenvalue weighted by molar-refractivity contribution is -0.0733. The van der Waals surface area contributed by atoms with Gasteiger partial charge in [-0.15, -0.1) is 11.8 Å². The highest BCUT2D eigenvalue weighted by Gasteiger charge is 2.45. The summed E-state index contributed by atoms with van der Waals surface area (Å²) in [4.78, 5) is 1.30. The zero-order valence-electron chi connectivity index (χ0n) is 9.31. The van der Waals surface area contributed by atoms with Gasteiger partial charge in [-0.3, -0.25) is 0 Å². The van der Waals surface area contributed by atoms with Crippen LogP contribution in [0.5, 0.6) is 0 Å². The molecule has 0 radical (unpaired) electrons. The molecule has 0 bridgehead atoms. The lowest BCUT2D eigenvalue weighted by atomic mass is 9.61. The van der Waals surface area contributed by atoms with Crippen molar-refractivity contribution in [1.29, 1.82) is 0 Å². The Morgan fingerprint density at radius 1 is 1.33 bits per heavy atom. The molecule has 0 aromatic heterocycles. The van der Waals surface area contributed by atoms with Crippen molar-refractivity contribution in [2.75, 3.05) is 5.75 Å². The molecule has 1 aliphatic carbocycles. The average Bonchev–Trinajstić information content (AvgIpc) is 2.18. The molecule has 1 fully saturated rings. The first-order valence-corrected chi connectivity index (χ1v) is 6.44. The van der Waals surface area contributed by atoms with E-state index in [9.17, 15) is 5.11 Å². The Kier molecular flexibility index (Phi) is 3.08. The molecule has 0 amide bonds. The van der Waals surface area contributed by atoms with Crippen LogP contribution in [0.15, 0.2) is 35.2 Å². The topological polar surface area (TPSA) is 20.2 Å². The number of benzene rings is 1. The van der Waals surface area contributed by atoms with Crippen molar-refractivity contribution in [2.24, 2.45) is 11.3 Å². The van der Waals surface area contributed by atoms with Gasteiger partial charge in [-0.25, -0.2) is 0 Å². The summed E-state index contributed by atoms with van der Waals surface area (Å²) in [5.74, 6) is 1.47. The molecule has 0 heterocycles. The lowest BCUT2D eigenvalue weighted by Gasteiger charge is -2.48. The van der Waals surface area contributed by atoms with Crippen molar-refractivity contribution in [2.45, 2.75) is 31.3 Å². The van der Waals surface area contributed by atoms with Gasteiger partial charge in [0, 0.05) is 10.6 Å². The molecule has 0 aliphatic heterocycles. The quantitative estimate of drug-likeness (QED) is 0.793. The minimum Gasteiger partial charge on any atom is -0.393 e. The standard InChI is InChI=1S/C13H18OS/c1-13(2)8-12(14)11(13)9-15-10-6-4-3-5-7-10/h3-7,11-12,14H,8-9H2,1-2H3/t11-,12+/m1/s1. The summed E-state index contributed by atoms with van der Waals surface area (Å²) in [5.41, 5.74) is 0.321. The molecule has 1 N–H and O–H groups in total. The maximum atomic E-state index is 9.71. The Morgan fingerprint density at radius 2 is 2.00 bits per heavy atom. The van der Waals surface area contributed by atoms with Gasteiger partial charge in [0.1, 0.15) is 0 Å². The Balaban J connectivity index is 1.89. The average molecular weight is 222 g/mol. The van der Waals surface area contributed by atoms with E-state index in [2.05, 4.69) is 38.1 Å². The van der Waals surface area contributed by atoms with Crippen LogP contribution < -0.4 is 0 Å². The van der Waals surface area contributed by atoms with Gasteiger partial charge in [-0.05, 0) is 29.9 Å². The summed E-state index contributed by atoms with van der Waals surface area (Å²) in [5, 5.41) is 9.71. The van der Waals surface area contributed by atoms with Gasteiger partial charge in [0.15, 0.2) is 0 Å². The zero-order valence-corrected chi connectivity index (χ0v) is 10.1. The highest BCUT2D eigenvalue weighted by molar-refractivity contribution is 7.99. The van der Waals surface area contributed by atoms with Gasteiger partial charge in [-0.2, -0.15) is 0 Å². The van der Waals surface area contributed by atoms with E-state index < -0.39 is 0 Å². The second-order valence-electron chi connectivity index (χ2n) is 4.99. The number of hydrogen-bond donors (Lipinski definition) is 1. The molecule has 0 unspecified atom stereocenters. The van der Waals surface area contributed by atoms with Crippen LogP contribution in [0, 0.1) is 11.3 Å². The third kappa shape index (κ3) is 2.37. The fraction of sp³-hybridized carbons (Fsp3) is 0.538. The highest BCUT2D eigenvalue weighted by Crippen LogP contribution is 2.48. The van der Waals surface area contributed by atoms with Crippen LogP contribution in [-0.4, -0.2) is 17.0 Å². The summed E-state index contributed by atoms with van der Waals surface area (Å²) in [6, 6.07) is 10.4. The van der Waals surface area contributed by atoms with E-state index in [1.807, 2.05) is 17.8 Å². The Labute approximate surface area is 95.9 Å². The fourth-order valence-electron chi connectivity index (χ4n) is 2.23. The molecule has 1 nitrogen and oxygen atoms in total. The molecular formula is C13H18OS. The second-order valence-corrected chi connectivity index (χ2v) is 6.08. The molecule has 1 aliphatic rings. The first-order chi connectivity index (χ1) is 7.09. The first-order valence-electron chi connectivity index (χ1n) is 5.45. The molecule has 1 aromatic rings. The highest BCUT2D eigenvalue weighted by atomic mass is 32.2. The van der Waals surface area contributed by atoms with Gasteiger partial charge in [0.2, 0.25) is 0 Å². The van der Waals surface area contributed by atoms with E-state index in [1.165, 1.54) is 4.90 Å². The van der Waals surface area contributed by atoms with Crippen LogP contribution in [0.4, 0.5) is 0 Å². The summed E-state index contributed by atoms with van der Waals surface area (Å²) >= 11 is 1.85. The van der Waals surface area contributed by atoms with Crippen LogP contribution in [0.3, 0.4) is 0 Å². The summed E-state index contributed by atoms with van der Waals surface area (Å²) in [6.45, 7) is 4.49. The van der Waals surface area contributed by atoms with E-state index in [1.54, 1.807) is 0 Å². The molecular weight excluding hydrogens is 204 g/mol. The number of thioether (sulfide) groups is 1. The lowest BCUT2D eigenvalue weighted by Crippen LogP contribution is -2.49. The Bertz CT molecular complexity index is 321. The Hall–Kier alpha value is -0.470. The van der Waals surface area contributed by atoms with E-state index in [0.29, 0.717) is 11.3 Å². The molecule has 15 heavy (non-hydrogen) atoms. The van der Waals surface area contributed by atoms with E-state index in [0.717, 1.165) is 12.2 Å². The van der Waals surface area contributed by atoms with Crippen molar-refractivity contribution in [3.63, 3.8) is 0 Å². The van der Waals surface area contributed by atoms with E-state index in [4.69, 9.17) is 0 Å². The van der Waals surface area contributed by atoms with E-state index >= 15 is 0 Å². The van der Waals surface area contributed by atoms with Gasteiger partial charge >= 0.3 is 0 Å². The summed E-state index contributed by atoms with van der Waals surface area (Å²) in [6.07, 6.45) is 0.865. The van der Waals surface area contributed by atoms with Crippen LogP contribution in [0.25, 0.3) is 0 Å². The number of aliphatic hydroxyl groups is 1. The van der Waals surface area contributed by atoms with Gasteiger partial charge < -0.3 is 5.11 Å². The van der Waals surface area contributed by atoms with Gasteiger partial charge in [-0.1, -0.05) is 32.0 Å². The SMILES string of the molecule is CC1(C)C[C@H](O)[C@H]1CSc1ccccc1. The van der Waals surface area contributed by atoms with Crippen molar-refractivity contribution >= 4 is 11.8 Å². The largest absolute Gasteiger partial charge is 0.393 e. The maximum absolute atomic E-state index is 9.71. The summed E-state index contributed by atoms with van der Waals surface area (Å²) < 4.78 is 0. The number of hydrogen-bond acceptors (Lipinski definition) is 2. The summed E-state index contributed by atoms with van der Waals surface area (Å²) in [7, 11) is 0. The number of rotatable bonds is 3. The van der Waals surface area contributed by atoms with Crippen LogP contribution in [0.2, 0.25) is 0 Å². The van der Waals surface area contributed by atoms with Crippen LogP contribution >= 0.6 is 11.8 Å². The van der Waals surface area contributed by atoms with Crippen LogP contribution in [0.1, 0.15) is 20.3 Å². The third-order valence-electron chi connectivity index (χ3n) is 3.38. The van der Waals surface area contributed by atoms with E-state index in [-0.39, 0.29) is 6.10 Å². The monoisotopic (exact) mass is 222 g/mol. The third-order valence-corrected chi connectivity index (χ3v) is 4.51. The number of aliphatic hydroxyl groups excluding tert-OH is 1. The van der Waals surface area contributed by atoms with Crippen LogP contribution in [-0.2, 0) is 0 Å². The smallest absolute Gasteiger partial charge is 0.0586 e. The van der Waals surface area contributed by atoms with Crippen molar-refractivity contribution in [1.82, 2.24) is 0 Å². The molecule has 1 aromatic carbocycles. The predicted octanol–water partition coefficient (Wildman–Crippen LogP) is 3.19. The minimum atomic E-state index is -0.0868. The molecule has 82 valence electrons. The maximum Gasteiger partial charge on any atom is 0.0586 e. The van der Waals surface area contributed by atoms with Crippen molar-refractivity contribution in [3.8, 4) is 0 Å². The Morgan fingerprint density at radius 3 is 2.53 bits per heavy atom. The normalized spacial score (nSPS) is 28.5. The second kappa shape index (κ2) is 4.18. The molecule has 0 saturated heterocycles. The van der Waals surface area contributed by atoms with Crippen molar-refractivity contribution < 1.29 is 5.11 Å². The molecule has 0 spiro atoms. The molecule has 1 saturated carbocycles. The molecule has 2 rings (SSSR count). The zero-order chi connectivity index (χ0) is 10.9. The first kappa shape index (κ1) is 11.0. The van der Waals surface area contributed by atoms with Gasteiger partial charge in [0.25, 0.3) is 0 Å². The minimum absolute atomic E-state index is 0.0868. The molecule has 2 heteroatoms. The predicted molar refractivity (Wildman–Crippen MR) is 65.1 cm³/mol. The van der Waals surface area contributed by atoms with Gasteiger partial charge in [0.05, 0.1) is 6.10 Å². The molecule has 2 atom stereocenters. The fourth-order valence-corrected chi connectivity index (χ4v) is 3.63.